The summed E-state index contributed by atoms with van der Waals surface area (Å²) in [5.74, 6) is -0.0335. The minimum Gasteiger partial charge on any atom is -0.295 e. The summed E-state index contributed by atoms with van der Waals surface area (Å²) in [5.41, 5.74) is 2.02. The zero-order valence-corrected chi connectivity index (χ0v) is 11.1. The monoisotopic (exact) mass is 296 g/mol. The summed E-state index contributed by atoms with van der Waals surface area (Å²) in [7, 11) is 0. The summed E-state index contributed by atoms with van der Waals surface area (Å²) in [6, 6.07) is 4.67. The van der Waals surface area contributed by atoms with Crippen LogP contribution in [0.15, 0.2) is 34.3 Å². The maximum atomic E-state index is 13.2. The van der Waals surface area contributed by atoms with Gasteiger partial charge in [0, 0.05) is 10.9 Å². The molecule has 0 spiro atoms. The Hall–Kier alpha value is -0.960. The maximum absolute atomic E-state index is 13.2. The molecule has 0 aromatic heterocycles. The Balaban J connectivity index is 2.19. The zero-order chi connectivity index (χ0) is 12.3. The molecule has 0 radical (unpaired) electrons. The standard InChI is InChI=1S/C14H14BrFO/c15-14-6-5-12(16)9-11(14)7-10-3-1-2-4-13(17)8-10/h5-6,8-9H,1-4,7H2. The molecule has 0 atom stereocenters. The van der Waals surface area contributed by atoms with Gasteiger partial charge in [0.25, 0.3) is 0 Å². The van der Waals surface area contributed by atoms with Crippen LogP contribution >= 0.6 is 15.9 Å². The molecule has 1 nitrogen and oxygen atoms in total. The smallest absolute Gasteiger partial charge is 0.155 e. The van der Waals surface area contributed by atoms with Crippen LogP contribution < -0.4 is 0 Å². The minimum absolute atomic E-state index is 0.199. The van der Waals surface area contributed by atoms with Gasteiger partial charge in [0.2, 0.25) is 0 Å². The van der Waals surface area contributed by atoms with E-state index in [9.17, 15) is 9.18 Å². The Morgan fingerprint density at radius 2 is 2.00 bits per heavy atom. The quantitative estimate of drug-likeness (QED) is 0.799. The van der Waals surface area contributed by atoms with Crippen LogP contribution in [0.1, 0.15) is 31.2 Å². The maximum Gasteiger partial charge on any atom is 0.155 e. The van der Waals surface area contributed by atoms with Gasteiger partial charge in [-0.1, -0.05) is 21.5 Å². The number of carbonyl (C=O) groups excluding carboxylic acids is 1. The van der Waals surface area contributed by atoms with Gasteiger partial charge in [0.05, 0.1) is 0 Å². The van der Waals surface area contributed by atoms with Crippen molar-refractivity contribution in [3.63, 3.8) is 0 Å². The predicted molar refractivity (Wildman–Crippen MR) is 69.4 cm³/mol. The van der Waals surface area contributed by atoms with Gasteiger partial charge in [-0.2, -0.15) is 0 Å². The van der Waals surface area contributed by atoms with Crippen molar-refractivity contribution in [2.24, 2.45) is 0 Å². The summed E-state index contributed by atoms with van der Waals surface area (Å²) in [4.78, 5) is 11.5. The average molecular weight is 297 g/mol. The third-order valence-electron chi connectivity index (χ3n) is 2.96. The van der Waals surface area contributed by atoms with Crippen LogP contribution in [0.3, 0.4) is 0 Å². The van der Waals surface area contributed by atoms with E-state index in [1.807, 2.05) is 0 Å². The molecule has 0 bridgehead atoms. The van der Waals surface area contributed by atoms with Gasteiger partial charge in [-0.3, -0.25) is 4.79 Å². The Bertz CT molecular complexity index is 465. The summed E-state index contributed by atoms with van der Waals surface area (Å²) in [6.45, 7) is 0. The second-order valence-electron chi connectivity index (χ2n) is 4.39. The normalized spacial score (nSPS) is 16.6. The Kier molecular flexibility index (Phi) is 4.11. The molecule has 2 rings (SSSR count). The second kappa shape index (κ2) is 5.58. The number of hydrogen-bond donors (Lipinski definition) is 0. The molecule has 0 fully saturated rings. The van der Waals surface area contributed by atoms with Crippen LogP contribution in [0.4, 0.5) is 4.39 Å². The third kappa shape index (κ3) is 3.50. The first kappa shape index (κ1) is 12.5. The number of halogens is 2. The molecule has 3 heteroatoms. The van der Waals surface area contributed by atoms with Crippen molar-refractivity contribution in [3.05, 3.63) is 45.7 Å². The minimum atomic E-state index is -0.233. The third-order valence-corrected chi connectivity index (χ3v) is 3.74. The van der Waals surface area contributed by atoms with Crippen LogP contribution in [0.25, 0.3) is 0 Å². The first-order valence-electron chi connectivity index (χ1n) is 5.81. The number of benzene rings is 1. The van der Waals surface area contributed by atoms with Gasteiger partial charge in [-0.25, -0.2) is 4.39 Å². The highest BCUT2D eigenvalue weighted by atomic mass is 79.9. The second-order valence-corrected chi connectivity index (χ2v) is 5.24. The highest BCUT2D eigenvalue weighted by Crippen LogP contribution is 2.24. The lowest BCUT2D eigenvalue weighted by atomic mass is 10.0. The van der Waals surface area contributed by atoms with Crippen LogP contribution in [-0.4, -0.2) is 5.78 Å². The lowest BCUT2D eigenvalue weighted by Crippen LogP contribution is -1.95. The van der Waals surface area contributed by atoms with Gasteiger partial charge in [-0.15, -0.1) is 0 Å². The van der Waals surface area contributed by atoms with Crippen LogP contribution in [0.2, 0.25) is 0 Å². The van der Waals surface area contributed by atoms with Gasteiger partial charge < -0.3 is 0 Å². The molecule has 0 unspecified atom stereocenters. The van der Waals surface area contributed by atoms with Crippen molar-refractivity contribution in [1.29, 1.82) is 0 Å². The molecule has 0 N–H and O–H groups in total. The molecule has 1 aromatic rings. The zero-order valence-electron chi connectivity index (χ0n) is 9.51. The summed E-state index contributed by atoms with van der Waals surface area (Å²) in [6.07, 6.45) is 5.99. The van der Waals surface area contributed by atoms with E-state index < -0.39 is 0 Å². The molecule has 17 heavy (non-hydrogen) atoms. The molecular weight excluding hydrogens is 283 g/mol. The summed E-state index contributed by atoms with van der Waals surface area (Å²) in [5, 5.41) is 0. The van der Waals surface area contributed by atoms with Crippen molar-refractivity contribution in [2.75, 3.05) is 0 Å². The van der Waals surface area contributed by atoms with Crippen molar-refractivity contribution in [2.45, 2.75) is 32.1 Å². The fraction of sp³-hybridized carbons (Fsp3) is 0.357. The number of hydrogen-bond acceptors (Lipinski definition) is 1. The molecule has 0 heterocycles. The highest BCUT2D eigenvalue weighted by molar-refractivity contribution is 9.10. The van der Waals surface area contributed by atoms with Crippen molar-refractivity contribution >= 4 is 21.7 Å². The fourth-order valence-electron chi connectivity index (χ4n) is 2.09. The predicted octanol–water partition coefficient (Wildman–Crippen LogP) is 4.20. The summed E-state index contributed by atoms with van der Waals surface area (Å²) >= 11 is 3.41. The van der Waals surface area contributed by atoms with Gasteiger partial charge >= 0.3 is 0 Å². The van der Waals surface area contributed by atoms with Gasteiger partial charge in [0.1, 0.15) is 5.82 Å². The molecule has 1 aliphatic rings. The molecule has 1 aromatic carbocycles. The van der Waals surface area contributed by atoms with E-state index in [4.69, 9.17) is 0 Å². The van der Waals surface area contributed by atoms with Crippen molar-refractivity contribution in [1.82, 2.24) is 0 Å². The van der Waals surface area contributed by atoms with Crippen LogP contribution in [0, 0.1) is 5.82 Å². The van der Waals surface area contributed by atoms with Gasteiger partial charge in [0.15, 0.2) is 5.78 Å². The lowest BCUT2D eigenvalue weighted by Gasteiger charge is -2.07. The molecular formula is C14H14BrFO. The fourth-order valence-corrected chi connectivity index (χ4v) is 2.47. The van der Waals surface area contributed by atoms with E-state index in [0.717, 1.165) is 34.9 Å². The van der Waals surface area contributed by atoms with E-state index in [1.54, 1.807) is 12.1 Å². The lowest BCUT2D eigenvalue weighted by molar-refractivity contribution is -0.114. The largest absolute Gasteiger partial charge is 0.295 e. The number of ketones is 1. The molecule has 0 saturated heterocycles. The van der Waals surface area contributed by atoms with Crippen molar-refractivity contribution in [3.8, 4) is 0 Å². The van der Waals surface area contributed by atoms with E-state index >= 15 is 0 Å². The molecule has 90 valence electrons. The Labute approximate surface area is 109 Å². The molecule has 0 saturated carbocycles. The number of carbonyl (C=O) groups is 1. The summed E-state index contributed by atoms with van der Waals surface area (Å²) < 4.78 is 14.1. The Morgan fingerprint density at radius 1 is 1.24 bits per heavy atom. The SMILES string of the molecule is O=C1C=C(Cc2cc(F)ccc2Br)CCCC1. The van der Waals surface area contributed by atoms with E-state index in [1.165, 1.54) is 12.1 Å². The topological polar surface area (TPSA) is 17.1 Å². The molecule has 0 amide bonds. The average Bonchev–Trinajstić information content (AvgIpc) is 2.48. The van der Waals surface area contributed by atoms with Gasteiger partial charge in [-0.05, 0) is 55.5 Å². The van der Waals surface area contributed by atoms with Crippen LogP contribution in [0.5, 0.6) is 0 Å². The number of allylic oxidation sites excluding steroid dienone is 2. The number of rotatable bonds is 2. The van der Waals surface area contributed by atoms with E-state index in [-0.39, 0.29) is 11.6 Å². The molecule has 0 aliphatic heterocycles. The van der Waals surface area contributed by atoms with Crippen LogP contribution in [-0.2, 0) is 11.2 Å². The Morgan fingerprint density at radius 3 is 2.82 bits per heavy atom. The molecule has 1 aliphatic carbocycles. The van der Waals surface area contributed by atoms with E-state index in [0.29, 0.717) is 12.8 Å². The van der Waals surface area contributed by atoms with E-state index in [2.05, 4.69) is 15.9 Å². The van der Waals surface area contributed by atoms with Crippen molar-refractivity contribution < 1.29 is 9.18 Å². The first-order chi connectivity index (χ1) is 8.15. The highest BCUT2D eigenvalue weighted by Gasteiger charge is 2.10. The first-order valence-corrected chi connectivity index (χ1v) is 6.60.